The Balaban J connectivity index is 3.13. The van der Waals surface area contributed by atoms with Crippen molar-refractivity contribution in [2.24, 2.45) is 0 Å². The van der Waals surface area contributed by atoms with Crippen LogP contribution in [0.1, 0.15) is 17.3 Å². The molecule has 1 atom stereocenters. The van der Waals surface area contributed by atoms with E-state index in [4.69, 9.17) is 9.84 Å². The Morgan fingerprint density at radius 2 is 2.16 bits per heavy atom. The van der Waals surface area contributed by atoms with Crippen molar-refractivity contribution in [1.29, 1.82) is 0 Å². The highest BCUT2D eigenvalue weighted by molar-refractivity contribution is 7.89. The molecule has 1 aromatic rings. The minimum absolute atomic E-state index is 0.111. The monoisotopic (exact) mass is 291 g/mol. The van der Waals surface area contributed by atoms with Crippen molar-refractivity contribution in [2.45, 2.75) is 17.9 Å². The van der Waals surface area contributed by atoms with E-state index < -0.39 is 32.7 Å². The number of carbonyl (C=O) groups is 1. The van der Waals surface area contributed by atoms with Crippen molar-refractivity contribution in [2.75, 3.05) is 13.7 Å². The van der Waals surface area contributed by atoms with Crippen LogP contribution in [0.5, 0.6) is 0 Å². The van der Waals surface area contributed by atoms with Crippen LogP contribution in [0.15, 0.2) is 23.1 Å². The molecule has 1 aromatic carbocycles. The largest absolute Gasteiger partial charge is 0.478 e. The maximum absolute atomic E-state index is 13.5. The summed E-state index contributed by atoms with van der Waals surface area (Å²) in [6, 6.07) is 2.01. The summed E-state index contributed by atoms with van der Waals surface area (Å²) in [6.07, 6.45) is 0. The molecule has 2 N–H and O–H groups in total. The lowest BCUT2D eigenvalue weighted by Crippen LogP contribution is -2.36. The number of rotatable bonds is 6. The third-order valence-electron chi connectivity index (χ3n) is 2.24. The molecule has 0 amide bonds. The summed E-state index contributed by atoms with van der Waals surface area (Å²) in [5, 5.41) is 8.77. The van der Waals surface area contributed by atoms with Crippen LogP contribution >= 0.6 is 0 Å². The van der Waals surface area contributed by atoms with Crippen molar-refractivity contribution >= 4 is 16.0 Å². The van der Waals surface area contributed by atoms with E-state index >= 15 is 0 Å². The van der Waals surface area contributed by atoms with Gasteiger partial charge in [0.2, 0.25) is 10.0 Å². The number of sulfonamides is 1. The molecule has 0 fully saturated rings. The SMILES string of the molecule is COC[C@H](C)NS(=O)(=O)c1cc(C(=O)O)ccc1F. The van der Waals surface area contributed by atoms with Gasteiger partial charge in [-0.25, -0.2) is 22.3 Å². The van der Waals surface area contributed by atoms with Gasteiger partial charge < -0.3 is 9.84 Å². The number of benzene rings is 1. The van der Waals surface area contributed by atoms with Crippen LogP contribution in [-0.2, 0) is 14.8 Å². The molecule has 0 unspecified atom stereocenters. The maximum atomic E-state index is 13.5. The van der Waals surface area contributed by atoms with Gasteiger partial charge in [-0.3, -0.25) is 0 Å². The fourth-order valence-corrected chi connectivity index (χ4v) is 2.79. The second kappa shape index (κ2) is 6.09. The second-order valence-electron chi connectivity index (χ2n) is 3.93. The Morgan fingerprint density at radius 1 is 1.53 bits per heavy atom. The van der Waals surface area contributed by atoms with Crippen LogP contribution in [0.3, 0.4) is 0 Å². The molecule has 0 spiro atoms. The predicted octanol–water partition coefficient (Wildman–Crippen LogP) is 0.837. The first kappa shape index (κ1) is 15.5. The minimum Gasteiger partial charge on any atom is -0.478 e. The smallest absolute Gasteiger partial charge is 0.335 e. The van der Waals surface area contributed by atoms with E-state index in [2.05, 4.69) is 4.72 Å². The Labute approximate surface area is 110 Å². The Hall–Kier alpha value is -1.51. The normalized spacial score (nSPS) is 13.2. The van der Waals surface area contributed by atoms with Gasteiger partial charge in [0.1, 0.15) is 10.7 Å². The van der Waals surface area contributed by atoms with Crippen molar-refractivity contribution < 1.29 is 27.4 Å². The second-order valence-corrected chi connectivity index (χ2v) is 5.61. The number of nitrogens with one attached hydrogen (secondary N) is 1. The van der Waals surface area contributed by atoms with E-state index in [-0.39, 0.29) is 12.2 Å². The molecule has 0 aliphatic carbocycles. The van der Waals surface area contributed by atoms with Crippen LogP contribution in [0.25, 0.3) is 0 Å². The van der Waals surface area contributed by atoms with E-state index in [1.807, 2.05) is 0 Å². The first-order valence-electron chi connectivity index (χ1n) is 5.32. The van der Waals surface area contributed by atoms with Crippen molar-refractivity contribution in [3.63, 3.8) is 0 Å². The molecular formula is C11H14FNO5S. The van der Waals surface area contributed by atoms with Gasteiger partial charge in [0.15, 0.2) is 0 Å². The summed E-state index contributed by atoms with van der Waals surface area (Å²) >= 11 is 0. The molecule has 0 aromatic heterocycles. The zero-order chi connectivity index (χ0) is 14.6. The number of hydrogen-bond acceptors (Lipinski definition) is 4. The third-order valence-corrected chi connectivity index (χ3v) is 3.85. The van der Waals surface area contributed by atoms with Crippen LogP contribution in [0, 0.1) is 5.82 Å². The minimum atomic E-state index is -4.14. The van der Waals surface area contributed by atoms with Crippen LogP contribution in [-0.4, -0.2) is 39.3 Å². The van der Waals surface area contributed by atoms with Crippen molar-refractivity contribution in [1.82, 2.24) is 4.72 Å². The lowest BCUT2D eigenvalue weighted by molar-refractivity contribution is 0.0696. The Bertz CT molecular complexity index is 572. The molecule has 8 heteroatoms. The highest BCUT2D eigenvalue weighted by atomic mass is 32.2. The van der Waals surface area contributed by atoms with E-state index in [0.717, 1.165) is 18.2 Å². The Morgan fingerprint density at radius 3 is 2.68 bits per heavy atom. The molecule has 6 nitrogen and oxygen atoms in total. The number of aromatic carboxylic acids is 1. The topological polar surface area (TPSA) is 92.7 Å². The Kier molecular flexibility index (Phi) is 4.98. The quantitative estimate of drug-likeness (QED) is 0.810. The van der Waals surface area contributed by atoms with Crippen LogP contribution < -0.4 is 4.72 Å². The van der Waals surface area contributed by atoms with Crippen molar-refractivity contribution in [3.8, 4) is 0 Å². The van der Waals surface area contributed by atoms with E-state index in [9.17, 15) is 17.6 Å². The number of carboxylic acid groups (broad SMARTS) is 1. The molecule has 0 aliphatic rings. The van der Waals surface area contributed by atoms with Gasteiger partial charge in [0, 0.05) is 13.2 Å². The fourth-order valence-electron chi connectivity index (χ4n) is 1.45. The first-order chi connectivity index (χ1) is 8.77. The summed E-state index contributed by atoms with van der Waals surface area (Å²) in [4.78, 5) is 10.1. The summed E-state index contributed by atoms with van der Waals surface area (Å²) < 4.78 is 44.3. The summed E-state index contributed by atoms with van der Waals surface area (Å²) in [5.41, 5.74) is -0.304. The number of halogens is 1. The van der Waals surface area contributed by atoms with Crippen LogP contribution in [0.2, 0.25) is 0 Å². The molecule has 106 valence electrons. The van der Waals surface area contributed by atoms with Gasteiger partial charge in [-0.15, -0.1) is 0 Å². The summed E-state index contributed by atoms with van der Waals surface area (Å²) in [6.45, 7) is 1.65. The number of carboxylic acids is 1. The van der Waals surface area contributed by atoms with E-state index in [1.54, 1.807) is 6.92 Å². The van der Waals surface area contributed by atoms with Gasteiger partial charge in [0.25, 0.3) is 0 Å². The average Bonchev–Trinajstić information content (AvgIpc) is 2.28. The number of ether oxygens (including phenoxy) is 1. The van der Waals surface area contributed by atoms with Gasteiger partial charge in [-0.1, -0.05) is 0 Å². The van der Waals surface area contributed by atoms with Gasteiger partial charge in [-0.2, -0.15) is 0 Å². The van der Waals surface area contributed by atoms with Crippen molar-refractivity contribution in [3.05, 3.63) is 29.6 Å². The van der Waals surface area contributed by atoms with Gasteiger partial charge >= 0.3 is 5.97 Å². The first-order valence-corrected chi connectivity index (χ1v) is 6.80. The molecular weight excluding hydrogens is 277 g/mol. The predicted molar refractivity (Wildman–Crippen MR) is 65.0 cm³/mol. The lowest BCUT2D eigenvalue weighted by Gasteiger charge is -2.13. The zero-order valence-corrected chi connectivity index (χ0v) is 11.2. The summed E-state index contributed by atoms with van der Waals surface area (Å²) in [5.74, 6) is -2.34. The number of methoxy groups -OCH3 is 1. The lowest BCUT2D eigenvalue weighted by atomic mass is 10.2. The van der Waals surface area contributed by atoms with E-state index in [1.165, 1.54) is 7.11 Å². The molecule has 1 rings (SSSR count). The maximum Gasteiger partial charge on any atom is 0.335 e. The molecule has 0 saturated carbocycles. The average molecular weight is 291 g/mol. The number of hydrogen-bond donors (Lipinski definition) is 2. The van der Waals surface area contributed by atoms with Gasteiger partial charge in [-0.05, 0) is 25.1 Å². The zero-order valence-electron chi connectivity index (χ0n) is 10.4. The molecule has 0 aliphatic heterocycles. The molecule has 0 heterocycles. The molecule has 0 saturated heterocycles. The highest BCUT2D eigenvalue weighted by Gasteiger charge is 2.22. The fraction of sp³-hybridized carbons (Fsp3) is 0.364. The van der Waals surface area contributed by atoms with Crippen LogP contribution in [0.4, 0.5) is 4.39 Å². The third kappa shape index (κ3) is 3.98. The highest BCUT2D eigenvalue weighted by Crippen LogP contribution is 2.17. The summed E-state index contributed by atoms with van der Waals surface area (Å²) in [7, 11) is -2.74. The molecule has 19 heavy (non-hydrogen) atoms. The van der Waals surface area contributed by atoms with Gasteiger partial charge in [0.05, 0.1) is 12.2 Å². The van der Waals surface area contributed by atoms with E-state index in [0.29, 0.717) is 0 Å². The standard InChI is InChI=1S/C11H14FNO5S/c1-7(6-18-2)13-19(16,17)10-5-8(11(14)15)3-4-9(10)12/h3-5,7,13H,6H2,1-2H3,(H,14,15)/t7-/m0/s1. The molecule has 0 bridgehead atoms. The molecule has 0 radical (unpaired) electrons.